The Morgan fingerprint density at radius 2 is 1.79 bits per heavy atom. The van der Waals surface area contributed by atoms with Gasteiger partial charge in [0.15, 0.2) is 0 Å². The summed E-state index contributed by atoms with van der Waals surface area (Å²) >= 11 is 2.35. The summed E-state index contributed by atoms with van der Waals surface area (Å²) in [5.74, 6) is -0.379. The molecule has 0 aliphatic carbocycles. The van der Waals surface area contributed by atoms with Crippen LogP contribution >= 0.6 is 22.6 Å². The standard InChI is InChI=1S/C25H25IN2O/c1-2-3-4-7-17-12-13-20-23(15-17)28(16-18-8-5-9-19(26)14-18)22-11-6-10-21(24(20)22)25(27)29/h5-6,8-15H,2-4,7,16H2,1H3,(H2,27,29). The Bertz CT molecular complexity index is 1190. The zero-order valence-electron chi connectivity index (χ0n) is 16.6. The Labute approximate surface area is 185 Å². The Morgan fingerprint density at radius 3 is 2.55 bits per heavy atom. The molecule has 0 aliphatic rings. The maximum atomic E-state index is 12.1. The van der Waals surface area contributed by atoms with E-state index in [0.717, 1.165) is 29.3 Å². The number of nitrogens with zero attached hydrogens (tertiary/aromatic N) is 1. The van der Waals surface area contributed by atoms with Gasteiger partial charge in [-0.3, -0.25) is 4.79 Å². The zero-order valence-corrected chi connectivity index (χ0v) is 18.8. The predicted molar refractivity (Wildman–Crippen MR) is 129 cm³/mol. The fraction of sp³-hybridized carbons (Fsp3) is 0.240. The molecule has 148 valence electrons. The monoisotopic (exact) mass is 496 g/mol. The molecule has 1 amide bonds. The van der Waals surface area contributed by atoms with Crippen LogP contribution in [0.3, 0.4) is 0 Å². The first-order valence-electron chi connectivity index (χ1n) is 10.2. The number of amides is 1. The van der Waals surface area contributed by atoms with Crippen molar-refractivity contribution in [2.45, 2.75) is 39.2 Å². The number of aromatic nitrogens is 1. The molecule has 29 heavy (non-hydrogen) atoms. The number of halogens is 1. The minimum Gasteiger partial charge on any atom is -0.366 e. The number of fused-ring (bicyclic) bond motifs is 3. The molecule has 0 radical (unpaired) electrons. The highest BCUT2D eigenvalue weighted by Gasteiger charge is 2.17. The smallest absolute Gasteiger partial charge is 0.249 e. The van der Waals surface area contributed by atoms with Crippen LogP contribution in [0.5, 0.6) is 0 Å². The number of aryl methyl sites for hydroxylation is 1. The number of hydrogen-bond donors (Lipinski definition) is 1. The van der Waals surface area contributed by atoms with E-state index in [4.69, 9.17) is 5.73 Å². The second kappa shape index (κ2) is 8.57. The quantitative estimate of drug-likeness (QED) is 0.238. The second-order valence-corrected chi connectivity index (χ2v) is 8.83. The van der Waals surface area contributed by atoms with E-state index in [-0.39, 0.29) is 5.91 Å². The molecule has 4 rings (SSSR count). The Balaban J connectivity index is 1.92. The molecule has 0 saturated heterocycles. The highest BCUT2D eigenvalue weighted by Crippen LogP contribution is 2.33. The molecule has 0 atom stereocenters. The number of unbranched alkanes of at least 4 members (excludes halogenated alkanes) is 2. The van der Waals surface area contributed by atoms with E-state index in [1.165, 1.54) is 39.5 Å². The van der Waals surface area contributed by atoms with Gasteiger partial charge in [0, 0.05) is 32.0 Å². The molecule has 0 spiro atoms. The molecule has 3 aromatic carbocycles. The lowest BCUT2D eigenvalue weighted by molar-refractivity contribution is 0.100. The van der Waals surface area contributed by atoms with Gasteiger partial charge < -0.3 is 10.3 Å². The van der Waals surface area contributed by atoms with Gasteiger partial charge in [-0.05, 0) is 76.9 Å². The first-order chi connectivity index (χ1) is 14.1. The van der Waals surface area contributed by atoms with Crippen molar-refractivity contribution >= 4 is 50.3 Å². The topological polar surface area (TPSA) is 48.0 Å². The number of hydrogen-bond acceptors (Lipinski definition) is 1. The third-order valence-electron chi connectivity index (χ3n) is 5.52. The SMILES string of the molecule is CCCCCc1ccc2c3c(C(N)=O)cccc3n(Cc3cccc(I)c3)c2c1. The van der Waals surface area contributed by atoms with Gasteiger partial charge in [-0.25, -0.2) is 0 Å². The lowest BCUT2D eigenvalue weighted by Crippen LogP contribution is -2.11. The van der Waals surface area contributed by atoms with E-state index in [1.807, 2.05) is 12.1 Å². The van der Waals surface area contributed by atoms with E-state index in [2.05, 4.69) is 82.6 Å². The molecule has 1 aromatic heterocycles. The van der Waals surface area contributed by atoms with Gasteiger partial charge in [-0.1, -0.05) is 50.1 Å². The maximum absolute atomic E-state index is 12.1. The fourth-order valence-corrected chi connectivity index (χ4v) is 4.73. The number of carbonyl (C=O) groups excluding carboxylic acids is 1. The van der Waals surface area contributed by atoms with Crippen LogP contribution in [0.1, 0.15) is 47.7 Å². The van der Waals surface area contributed by atoms with Crippen LogP contribution in [0.25, 0.3) is 21.8 Å². The summed E-state index contributed by atoms with van der Waals surface area (Å²) < 4.78 is 3.55. The Morgan fingerprint density at radius 1 is 0.966 bits per heavy atom. The molecule has 0 aliphatic heterocycles. The molecule has 0 bridgehead atoms. The Kier molecular flexibility index (Phi) is 5.90. The molecular formula is C25H25IN2O. The molecule has 4 aromatic rings. The summed E-state index contributed by atoms with van der Waals surface area (Å²) in [6.45, 7) is 2.99. The largest absolute Gasteiger partial charge is 0.366 e. The van der Waals surface area contributed by atoms with Crippen LogP contribution in [0.4, 0.5) is 0 Å². The average Bonchev–Trinajstić information content (AvgIpc) is 3.01. The summed E-state index contributed by atoms with van der Waals surface area (Å²) in [6.07, 6.45) is 4.75. The highest BCUT2D eigenvalue weighted by atomic mass is 127. The zero-order chi connectivity index (χ0) is 20.4. The van der Waals surface area contributed by atoms with Gasteiger partial charge in [0.25, 0.3) is 0 Å². The van der Waals surface area contributed by atoms with Crippen LogP contribution in [0.15, 0.2) is 60.7 Å². The van der Waals surface area contributed by atoms with Crippen LogP contribution in [-0.2, 0) is 13.0 Å². The van der Waals surface area contributed by atoms with Crippen molar-refractivity contribution < 1.29 is 4.79 Å². The lowest BCUT2D eigenvalue weighted by atomic mass is 10.0. The van der Waals surface area contributed by atoms with Crippen molar-refractivity contribution in [3.05, 3.63) is 80.9 Å². The maximum Gasteiger partial charge on any atom is 0.249 e. The highest BCUT2D eigenvalue weighted by molar-refractivity contribution is 14.1. The van der Waals surface area contributed by atoms with Crippen LogP contribution in [0.2, 0.25) is 0 Å². The summed E-state index contributed by atoms with van der Waals surface area (Å²) in [5, 5.41) is 2.06. The van der Waals surface area contributed by atoms with Gasteiger partial charge in [0.05, 0.1) is 5.52 Å². The number of carbonyl (C=O) groups is 1. The van der Waals surface area contributed by atoms with E-state index >= 15 is 0 Å². The van der Waals surface area contributed by atoms with Gasteiger partial charge in [-0.2, -0.15) is 0 Å². The van der Waals surface area contributed by atoms with E-state index in [9.17, 15) is 4.79 Å². The number of nitrogens with two attached hydrogens (primary N) is 1. The van der Waals surface area contributed by atoms with Crippen molar-refractivity contribution in [2.24, 2.45) is 5.73 Å². The summed E-state index contributed by atoms with van der Waals surface area (Å²) in [7, 11) is 0. The molecule has 0 saturated carbocycles. The first-order valence-corrected chi connectivity index (χ1v) is 11.2. The number of rotatable bonds is 7. The van der Waals surface area contributed by atoms with Crippen molar-refractivity contribution in [1.82, 2.24) is 4.57 Å². The van der Waals surface area contributed by atoms with Crippen LogP contribution in [-0.4, -0.2) is 10.5 Å². The normalized spacial score (nSPS) is 11.4. The van der Waals surface area contributed by atoms with Crippen LogP contribution in [0, 0.1) is 3.57 Å². The number of primary amides is 1. The third-order valence-corrected chi connectivity index (χ3v) is 6.19. The predicted octanol–water partition coefficient (Wildman–Crippen LogP) is 6.28. The Hall–Kier alpha value is -2.34. The van der Waals surface area contributed by atoms with Crippen LogP contribution < -0.4 is 5.73 Å². The molecule has 2 N–H and O–H groups in total. The minimum absolute atomic E-state index is 0.379. The van der Waals surface area contributed by atoms with Gasteiger partial charge in [0.2, 0.25) is 5.91 Å². The van der Waals surface area contributed by atoms with Gasteiger partial charge in [0.1, 0.15) is 0 Å². The molecule has 3 nitrogen and oxygen atoms in total. The molecule has 4 heteroatoms. The van der Waals surface area contributed by atoms with Crippen molar-refractivity contribution in [3.8, 4) is 0 Å². The third kappa shape index (κ3) is 4.04. The van der Waals surface area contributed by atoms with E-state index in [0.29, 0.717) is 5.56 Å². The van der Waals surface area contributed by atoms with Gasteiger partial charge >= 0.3 is 0 Å². The molecule has 0 unspecified atom stereocenters. The van der Waals surface area contributed by atoms with E-state index < -0.39 is 0 Å². The summed E-state index contributed by atoms with van der Waals surface area (Å²) in [5.41, 5.74) is 11.1. The minimum atomic E-state index is -0.379. The molecule has 0 fully saturated rings. The summed E-state index contributed by atoms with van der Waals surface area (Å²) in [6, 6.07) is 21.1. The van der Waals surface area contributed by atoms with Crippen molar-refractivity contribution in [2.75, 3.05) is 0 Å². The lowest BCUT2D eigenvalue weighted by Gasteiger charge is -2.09. The van der Waals surface area contributed by atoms with E-state index in [1.54, 1.807) is 0 Å². The second-order valence-electron chi connectivity index (χ2n) is 7.59. The average molecular weight is 496 g/mol. The number of benzene rings is 3. The molecule has 1 heterocycles. The van der Waals surface area contributed by atoms with Crippen molar-refractivity contribution in [3.63, 3.8) is 0 Å². The molecular weight excluding hydrogens is 471 g/mol. The fourth-order valence-electron chi connectivity index (χ4n) is 4.12. The van der Waals surface area contributed by atoms with Crippen molar-refractivity contribution in [1.29, 1.82) is 0 Å². The van der Waals surface area contributed by atoms with Gasteiger partial charge in [-0.15, -0.1) is 0 Å². The summed E-state index contributed by atoms with van der Waals surface area (Å²) in [4.78, 5) is 12.1. The first kappa shape index (κ1) is 20.0.